The molecule has 3 nitrogen and oxygen atoms in total. The molecule has 0 aliphatic carbocycles. The molecule has 0 spiro atoms. The van der Waals surface area contributed by atoms with Crippen LogP contribution >= 0.6 is 0 Å². The molecule has 1 amide bonds. The molecular formula is C18H26N2O. The number of rotatable bonds is 3. The minimum Gasteiger partial charge on any atom is -0.347 e. The minimum absolute atomic E-state index is 0.0915. The summed E-state index contributed by atoms with van der Waals surface area (Å²) in [5.74, 6) is 5.66. The third-order valence-electron chi connectivity index (χ3n) is 2.92. The fourth-order valence-corrected chi connectivity index (χ4v) is 2.68. The molecule has 114 valence electrons. The summed E-state index contributed by atoms with van der Waals surface area (Å²) < 4.78 is 0. The van der Waals surface area contributed by atoms with Crippen molar-refractivity contribution in [2.45, 2.75) is 46.6 Å². The molecule has 3 N–H and O–H groups in total. The van der Waals surface area contributed by atoms with Gasteiger partial charge in [0.25, 0.3) is 5.91 Å². The highest BCUT2D eigenvalue weighted by atomic mass is 16.1. The lowest BCUT2D eigenvalue weighted by molar-refractivity contribution is 0.0891. The first-order valence-electron chi connectivity index (χ1n) is 7.25. The minimum atomic E-state index is -0.274. The Morgan fingerprint density at radius 3 is 2.38 bits per heavy atom. The van der Waals surface area contributed by atoms with Gasteiger partial charge in [0.2, 0.25) is 0 Å². The number of carbonyl (C=O) groups excluding carboxylic acids is 1. The first kappa shape index (κ1) is 17.3. The zero-order chi connectivity index (χ0) is 16.1. The van der Waals surface area contributed by atoms with Crippen LogP contribution in [-0.2, 0) is 0 Å². The normalized spacial score (nSPS) is 11.5. The van der Waals surface area contributed by atoms with Gasteiger partial charge in [-0.2, -0.15) is 0 Å². The van der Waals surface area contributed by atoms with E-state index >= 15 is 0 Å². The lowest BCUT2D eigenvalue weighted by atomic mass is 9.81. The summed E-state index contributed by atoms with van der Waals surface area (Å²) in [6.07, 6.45) is 0.891. The van der Waals surface area contributed by atoms with E-state index in [9.17, 15) is 4.79 Å². The summed E-state index contributed by atoms with van der Waals surface area (Å²) in [7, 11) is 0. The zero-order valence-electron chi connectivity index (χ0n) is 13.7. The molecule has 1 aromatic rings. The monoisotopic (exact) mass is 286 g/mol. The van der Waals surface area contributed by atoms with Gasteiger partial charge in [0.05, 0.1) is 12.1 Å². The van der Waals surface area contributed by atoms with E-state index in [0.29, 0.717) is 11.1 Å². The molecule has 21 heavy (non-hydrogen) atoms. The van der Waals surface area contributed by atoms with E-state index in [-0.39, 0.29) is 23.4 Å². The molecule has 0 aromatic heterocycles. The predicted octanol–water partition coefficient (Wildman–Crippen LogP) is 2.94. The summed E-state index contributed by atoms with van der Waals surface area (Å²) in [5, 5.41) is 3.11. The van der Waals surface area contributed by atoms with Gasteiger partial charge in [-0.05, 0) is 37.8 Å². The second kappa shape index (κ2) is 6.78. The van der Waals surface area contributed by atoms with Crippen molar-refractivity contribution in [3.05, 3.63) is 35.4 Å². The van der Waals surface area contributed by atoms with E-state index < -0.39 is 0 Å². The van der Waals surface area contributed by atoms with Crippen LogP contribution < -0.4 is 11.1 Å². The predicted molar refractivity (Wildman–Crippen MR) is 88.0 cm³/mol. The standard InChI is InChI=1S/C18H26N2O/c1-17(2,3)13-18(4,5)20-16(21)15-11-7-6-9-14(15)10-8-12-19/h6-7,9,11H,12-13,19H2,1-5H3,(H,20,21). The summed E-state index contributed by atoms with van der Waals surface area (Å²) in [5.41, 5.74) is 6.59. The number of amides is 1. The van der Waals surface area contributed by atoms with Gasteiger partial charge in [-0.1, -0.05) is 44.7 Å². The van der Waals surface area contributed by atoms with E-state index in [4.69, 9.17) is 5.73 Å². The smallest absolute Gasteiger partial charge is 0.252 e. The Morgan fingerprint density at radius 2 is 1.81 bits per heavy atom. The molecule has 0 unspecified atom stereocenters. The Labute approximate surface area is 128 Å². The molecule has 0 fully saturated rings. The van der Waals surface area contributed by atoms with E-state index in [2.05, 4.69) is 37.9 Å². The molecular weight excluding hydrogens is 260 g/mol. The number of nitrogens with one attached hydrogen (secondary N) is 1. The lowest BCUT2D eigenvalue weighted by Gasteiger charge is -2.33. The summed E-state index contributed by atoms with van der Waals surface area (Å²) >= 11 is 0. The van der Waals surface area contributed by atoms with Crippen LogP contribution in [0.5, 0.6) is 0 Å². The van der Waals surface area contributed by atoms with Gasteiger partial charge in [-0.25, -0.2) is 0 Å². The molecule has 0 atom stereocenters. The SMILES string of the molecule is CC(C)(C)CC(C)(C)NC(=O)c1ccccc1C#CCN. The molecule has 0 aliphatic heterocycles. The lowest BCUT2D eigenvalue weighted by Crippen LogP contribution is -2.46. The second-order valence-electron chi connectivity index (χ2n) is 7.13. The van der Waals surface area contributed by atoms with Crippen molar-refractivity contribution < 1.29 is 4.79 Å². The van der Waals surface area contributed by atoms with Gasteiger partial charge in [0.15, 0.2) is 0 Å². The molecule has 0 saturated carbocycles. The largest absolute Gasteiger partial charge is 0.347 e. The van der Waals surface area contributed by atoms with Crippen LogP contribution in [0.3, 0.4) is 0 Å². The maximum absolute atomic E-state index is 12.5. The van der Waals surface area contributed by atoms with Gasteiger partial charge < -0.3 is 11.1 Å². The van der Waals surface area contributed by atoms with Crippen molar-refractivity contribution in [1.82, 2.24) is 5.32 Å². The van der Waals surface area contributed by atoms with Crippen molar-refractivity contribution in [2.75, 3.05) is 6.54 Å². The van der Waals surface area contributed by atoms with E-state index in [0.717, 1.165) is 6.42 Å². The van der Waals surface area contributed by atoms with Crippen molar-refractivity contribution in [3.63, 3.8) is 0 Å². The summed E-state index contributed by atoms with van der Waals surface area (Å²) in [6, 6.07) is 7.36. The van der Waals surface area contributed by atoms with Gasteiger partial charge in [0, 0.05) is 11.1 Å². The number of hydrogen-bond acceptors (Lipinski definition) is 2. The molecule has 0 bridgehead atoms. The van der Waals surface area contributed by atoms with Crippen LogP contribution in [0, 0.1) is 17.3 Å². The number of hydrogen-bond donors (Lipinski definition) is 2. The van der Waals surface area contributed by atoms with Crippen molar-refractivity contribution in [3.8, 4) is 11.8 Å². The zero-order valence-corrected chi connectivity index (χ0v) is 13.7. The third-order valence-corrected chi connectivity index (χ3v) is 2.92. The maximum Gasteiger partial charge on any atom is 0.252 e. The third kappa shape index (κ3) is 6.01. The van der Waals surface area contributed by atoms with Gasteiger partial charge in [-0.15, -0.1) is 0 Å². The molecule has 0 heterocycles. The highest BCUT2D eigenvalue weighted by molar-refractivity contribution is 5.97. The number of benzene rings is 1. The molecule has 0 aliphatic rings. The first-order chi connectivity index (χ1) is 9.64. The second-order valence-corrected chi connectivity index (χ2v) is 7.13. The number of nitrogens with two attached hydrogens (primary N) is 1. The van der Waals surface area contributed by atoms with Crippen LogP contribution in [-0.4, -0.2) is 18.0 Å². The highest BCUT2D eigenvalue weighted by Gasteiger charge is 2.27. The Balaban J connectivity index is 2.95. The molecule has 3 heteroatoms. The van der Waals surface area contributed by atoms with Crippen LogP contribution in [0.4, 0.5) is 0 Å². The first-order valence-corrected chi connectivity index (χ1v) is 7.25. The van der Waals surface area contributed by atoms with Crippen molar-refractivity contribution in [1.29, 1.82) is 0 Å². The fourth-order valence-electron chi connectivity index (χ4n) is 2.68. The van der Waals surface area contributed by atoms with Gasteiger partial charge in [0.1, 0.15) is 0 Å². The quantitative estimate of drug-likeness (QED) is 0.839. The Morgan fingerprint density at radius 1 is 1.19 bits per heavy atom. The van der Waals surface area contributed by atoms with Crippen LogP contribution in [0.25, 0.3) is 0 Å². The number of carbonyl (C=O) groups is 1. The topological polar surface area (TPSA) is 55.1 Å². The summed E-state index contributed by atoms with van der Waals surface area (Å²) in [6.45, 7) is 10.9. The molecule has 0 radical (unpaired) electrons. The molecule has 1 aromatic carbocycles. The van der Waals surface area contributed by atoms with Gasteiger partial charge in [-0.3, -0.25) is 4.79 Å². The van der Waals surface area contributed by atoms with Crippen LogP contribution in [0.1, 0.15) is 57.0 Å². The average Bonchev–Trinajstić information content (AvgIpc) is 2.33. The van der Waals surface area contributed by atoms with E-state index in [1.165, 1.54) is 0 Å². The Kier molecular flexibility index (Phi) is 5.57. The van der Waals surface area contributed by atoms with Crippen molar-refractivity contribution in [2.24, 2.45) is 11.1 Å². The average molecular weight is 286 g/mol. The fraction of sp³-hybridized carbons (Fsp3) is 0.500. The molecule has 0 saturated heterocycles. The van der Waals surface area contributed by atoms with Crippen LogP contribution in [0.2, 0.25) is 0 Å². The Bertz CT molecular complexity index is 557. The summed E-state index contributed by atoms with van der Waals surface area (Å²) in [4.78, 5) is 12.5. The Hall–Kier alpha value is -1.79. The van der Waals surface area contributed by atoms with Crippen molar-refractivity contribution >= 4 is 5.91 Å². The van der Waals surface area contributed by atoms with Gasteiger partial charge >= 0.3 is 0 Å². The van der Waals surface area contributed by atoms with E-state index in [1.54, 1.807) is 6.07 Å². The molecule has 1 rings (SSSR count). The highest BCUT2D eigenvalue weighted by Crippen LogP contribution is 2.27. The van der Waals surface area contributed by atoms with E-state index in [1.807, 2.05) is 32.0 Å². The van der Waals surface area contributed by atoms with Crippen LogP contribution in [0.15, 0.2) is 24.3 Å². The maximum atomic E-state index is 12.5.